The lowest BCUT2D eigenvalue weighted by molar-refractivity contribution is 0.416. The van der Waals surface area contributed by atoms with Crippen LogP contribution in [0, 0.1) is 5.82 Å². The lowest BCUT2D eigenvalue weighted by Crippen LogP contribution is -1.98. The number of hydrogen-bond donors (Lipinski definition) is 0. The molecule has 2 aromatic carbocycles. The molecule has 0 saturated heterocycles. The second-order valence-electron chi connectivity index (χ2n) is 5.95. The lowest BCUT2D eigenvalue weighted by atomic mass is 10.0. The number of nitrogens with zero attached hydrogens (tertiary/aromatic N) is 3. The van der Waals surface area contributed by atoms with Gasteiger partial charge in [-0.3, -0.25) is 0 Å². The van der Waals surface area contributed by atoms with E-state index in [0.717, 1.165) is 45.9 Å². The predicted octanol–water partition coefficient (Wildman–Crippen LogP) is 4.77. The largest absolute Gasteiger partial charge is 0.496 e. The molecule has 0 bridgehead atoms. The van der Waals surface area contributed by atoms with E-state index in [-0.39, 0.29) is 5.82 Å². The summed E-state index contributed by atoms with van der Waals surface area (Å²) >= 11 is 0. The van der Waals surface area contributed by atoms with E-state index in [0.29, 0.717) is 0 Å². The number of methoxy groups -OCH3 is 1. The van der Waals surface area contributed by atoms with Crippen molar-refractivity contribution in [2.45, 2.75) is 13.3 Å². The van der Waals surface area contributed by atoms with Crippen molar-refractivity contribution < 1.29 is 9.13 Å². The molecule has 0 aliphatic rings. The average Bonchev–Trinajstić information content (AvgIpc) is 3.07. The van der Waals surface area contributed by atoms with Gasteiger partial charge in [0.05, 0.1) is 18.5 Å². The Labute approximate surface area is 150 Å². The Balaban J connectivity index is 2.00. The summed E-state index contributed by atoms with van der Waals surface area (Å²) in [4.78, 5) is 4.56. The Kier molecular flexibility index (Phi) is 4.13. The summed E-state index contributed by atoms with van der Waals surface area (Å²) in [6, 6.07) is 16.2. The molecule has 0 radical (unpaired) electrons. The zero-order chi connectivity index (χ0) is 18.1. The summed E-state index contributed by atoms with van der Waals surface area (Å²) < 4.78 is 20.7. The number of halogens is 1. The molecule has 0 aliphatic heterocycles. The number of para-hydroxylation sites is 1. The highest BCUT2D eigenvalue weighted by molar-refractivity contribution is 5.82. The Morgan fingerprint density at radius 1 is 1.04 bits per heavy atom. The minimum absolute atomic E-state index is 0.258. The van der Waals surface area contributed by atoms with E-state index in [1.165, 1.54) is 12.1 Å². The number of rotatable bonds is 4. The van der Waals surface area contributed by atoms with Gasteiger partial charge in [-0.25, -0.2) is 13.9 Å². The highest BCUT2D eigenvalue weighted by Crippen LogP contribution is 2.33. The van der Waals surface area contributed by atoms with Crippen molar-refractivity contribution in [2.24, 2.45) is 0 Å². The summed E-state index contributed by atoms with van der Waals surface area (Å²) in [5, 5.41) is 4.79. The molecule has 0 unspecified atom stereocenters. The van der Waals surface area contributed by atoms with Gasteiger partial charge in [0, 0.05) is 17.3 Å². The summed E-state index contributed by atoms with van der Waals surface area (Å²) in [6.07, 6.45) is 2.52. The fraction of sp³-hybridized carbons (Fsp3) is 0.143. The Bertz CT molecular complexity index is 1070. The van der Waals surface area contributed by atoms with Crippen molar-refractivity contribution in [3.63, 3.8) is 0 Å². The van der Waals surface area contributed by atoms with Gasteiger partial charge in [0.15, 0.2) is 5.65 Å². The van der Waals surface area contributed by atoms with Gasteiger partial charge >= 0.3 is 0 Å². The van der Waals surface area contributed by atoms with Crippen LogP contribution in [0.25, 0.3) is 28.0 Å². The zero-order valence-electron chi connectivity index (χ0n) is 14.6. The van der Waals surface area contributed by atoms with Crippen LogP contribution in [0.15, 0.2) is 60.8 Å². The van der Waals surface area contributed by atoms with Gasteiger partial charge in [-0.1, -0.05) is 31.2 Å². The molecular formula is C21H18FN3O. The molecular weight excluding hydrogens is 329 g/mol. The summed E-state index contributed by atoms with van der Waals surface area (Å²) in [5.41, 5.74) is 5.35. The third kappa shape index (κ3) is 2.62. The maximum atomic E-state index is 13.3. The van der Waals surface area contributed by atoms with Crippen LogP contribution in [0.5, 0.6) is 5.75 Å². The van der Waals surface area contributed by atoms with Gasteiger partial charge in [-0.05, 0) is 42.3 Å². The SMILES string of the molecule is CCc1nn2c(-c3ccccc3OC)ccnc2c1-c1ccc(F)cc1. The lowest BCUT2D eigenvalue weighted by Gasteiger charge is -2.09. The second-order valence-corrected chi connectivity index (χ2v) is 5.95. The minimum atomic E-state index is -0.258. The van der Waals surface area contributed by atoms with E-state index in [4.69, 9.17) is 9.84 Å². The Morgan fingerprint density at radius 2 is 1.81 bits per heavy atom. The number of hydrogen-bond acceptors (Lipinski definition) is 3. The van der Waals surface area contributed by atoms with E-state index in [2.05, 4.69) is 11.9 Å². The van der Waals surface area contributed by atoms with Crippen molar-refractivity contribution in [3.8, 4) is 28.1 Å². The molecule has 0 spiro atoms. The number of fused-ring (bicyclic) bond motifs is 1. The highest BCUT2D eigenvalue weighted by Gasteiger charge is 2.18. The van der Waals surface area contributed by atoms with E-state index >= 15 is 0 Å². The third-order valence-electron chi connectivity index (χ3n) is 4.44. The van der Waals surface area contributed by atoms with Gasteiger partial charge < -0.3 is 4.74 Å². The normalized spacial score (nSPS) is 11.0. The molecule has 26 heavy (non-hydrogen) atoms. The van der Waals surface area contributed by atoms with Crippen molar-refractivity contribution in [2.75, 3.05) is 7.11 Å². The number of aromatic nitrogens is 3. The predicted molar refractivity (Wildman–Crippen MR) is 99.7 cm³/mol. The van der Waals surface area contributed by atoms with Crippen molar-refractivity contribution in [1.82, 2.24) is 14.6 Å². The standard InChI is InChI=1S/C21H18FN3O/c1-3-17-20(14-8-10-15(22)11-9-14)21-23-13-12-18(25(21)24-17)16-6-4-5-7-19(16)26-2/h4-13H,3H2,1-2H3. The molecule has 4 nitrogen and oxygen atoms in total. The Hall–Kier alpha value is -3.21. The van der Waals surface area contributed by atoms with Crippen LogP contribution in [0.2, 0.25) is 0 Å². The third-order valence-corrected chi connectivity index (χ3v) is 4.44. The van der Waals surface area contributed by atoms with E-state index in [1.54, 1.807) is 25.4 Å². The molecule has 0 atom stereocenters. The molecule has 4 aromatic rings. The molecule has 0 fully saturated rings. The first kappa shape index (κ1) is 16.3. The van der Waals surface area contributed by atoms with Gasteiger partial charge in [0.25, 0.3) is 0 Å². The van der Waals surface area contributed by atoms with E-state index in [1.807, 2.05) is 34.8 Å². The number of aryl methyl sites for hydroxylation is 1. The first-order valence-electron chi connectivity index (χ1n) is 8.49. The topological polar surface area (TPSA) is 39.4 Å². The van der Waals surface area contributed by atoms with Crippen LogP contribution >= 0.6 is 0 Å². The first-order valence-corrected chi connectivity index (χ1v) is 8.49. The molecule has 5 heteroatoms. The molecule has 130 valence electrons. The highest BCUT2D eigenvalue weighted by atomic mass is 19.1. The summed E-state index contributed by atoms with van der Waals surface area (Å²) in [5.74, 6) is 0.517. The molecule has 0 N–H and O–H groups in total. The maximum absolute atomic E-state index is 13.3. The fourth-order valence-corrected chi connectivity index (χ4v) is 3.21. The average molecular weight is 347 g/mol. The molecule has 0 saturated carbocycles. The van der Waals surface area contributed by atoms with Crippen molar-refractivity contribution in [3.05, 3.63) is 72.3 Å². The number of benzene rings is 2. The van der Waals surface area contributed by atoms with E-state index < -0.39 is 0 Å². The van der Waals surface area contributed by atoms with Gasteiger partial charge in [-0.2, -0.15) is 5.10 Å². The van der Waals surface area contributed by atoms with Crippen LogP contribution in [0.1, 0.15) is 12.6 Å². The maximum Gasteiger partial charge on any atom is 0.163 e. The molecule has 4 rings (SSSR count). The first-order chi connectivity index (χ1) is 12.7. The van der Waals surface area contributed by atoms with Crippen LogP contribution in [-0.4, -0.2) is 21.7 Å². The van der Waals surface area contributed by atoms with Crippen molar-refractivity contribution >= 4 is 5.65 Å². The monoisotopic (exact) mass is 347 g/mol. The van der Waals surface area contributed by atoms with Crippen molar-refractivity contribution in [1.29, 1.82) is 0 Å². The van der Waals surface area contributed by atoms with Crippen LogP contribution < -0.4 is 4.74 Å². The summed E-state index contributed by atoms with van der Waals surface area (Å²) in [6.45, 7) is 2.05. The summed E-state index contributed by atoms with van der Waals surface area (Å²) in [7, 11) is 1.65. The van der Waals surface area contributed by atoms with Crippen LogP contribution in [0.3, 0.4) is 0 Å². The zero-order valence-corrected chi connectivity index (χ0v) is 14.6. The smallest absolute Gasteiger partial charge is 0.163 e. The molecule has 2 heterocycles. The van der Waals surface area contributed by atoms with Crippen LogP contribution in [0.4, 0.5) is 4.39 Å². The molecule has 0 amide bonds. The van der Waals surface area contributed by atoms with Gasteiger partial charge in [-0.15, -0.1) is 0 Å². The fourth-order valence-electron chi connectivity index (χ4n) is 3.21. The van der Waals surface area contributed by atoms with Gasteiger partial charge in [0.2, 0.25) is 0 Å². The number of ether oxygens (including phenoxy) is 1. The van der Waals surface area contributed by atoms with Crippen LogP contribution in [-0.2, 0) is 6.42 Å². The van der Waals surface area contributed by atoms with E-state index in [9.17, 15) is 4.39 Å². The Morgan fingerprint density at radius 3 is 2.54 bits per heavy atom. The van der Waals surface area contributed by atoms with Gasteiger partial charge in [0.1, 0.15) is 11.6 Å². The minimum Gasteiger partial charge on any atom is -0.496 e. The quantitative estimate of drug-likeness (QED) is 0.534. The second kappa shape index (κ2) is 6.59. The molecule has 0 aliphatic carbocycles. The molecule has 2 aromatic heterocycles.